The number of anilines is 3. The lowest BCUT2D eigenvalue weighted by molar-refractivity contribution is 0.794. The van der Waals surface area contributed by atoms with Crippen LogP contribution >= 0.6 is 0 Å². The van der Waals surface area contributed by atoms with Crippen LogP contribution in [0.2, 0.25) is 0 Å². The molecule has 2 aliphatic carbocycles. The first-order valence-corrected chi connectivity index (χ1v) is 23.7. The molecule has 0 unspecified atom stereocenters. The second kappa shape index (κ2) is 15.1. The van der Waals surface area contributed by atoms with Gasteiger partial charge in [0.1, 0.15) is 0 Å². The standard InChI is InChI=1S/C67H43N/c1-4-20-44(21-5-1)47-38-48(45-22-6-2-7-23-45)40-50(39-47)68(49-36-37-55-53-28-11-10-26-51(53)52-27-12-13-29-54(52)60(55)41-49)66-43-65-61(42-59(66)46-24-8-3-9-25-46)58-32-16-19-35-64(58)67(65)62-33-17-14-30-56(62)57-31-15-18-34-63(57)67/h1-43H. The Morgan fingerprint density at radius 2 is 0.632 bits per heavy atom. The molecule has 0 aliphatic heterocycles. The Labute approximate surface area is 396 Å². The zero-order chi connectivity index (χ0) is 44.8. The van der Waals surface area contributed by atoms with Crippen LogP contribution in [0, 0.1) is 0 Å². The van der Waals surface area contributed by atoms with Crippen molar-refractivity contribution in [1.29, 1.82) is 0 Å². The minimum atomic E-state index is -0.520. The summed E-state index contributed by atoms with van der Waals surface area (Å²) < 4.78 is 0. The lowest BCUT2D eigenvalue weighted by Gasteiger charge is -2.34. The molecule has 0 fully saturated rings. The number of fused-ring (bicyclic) bond motifs is 16. The van der Waals surface area contributed by atoms with E-state index >= 15 is 0 Å². The molecular formula is C67H43N. The van der Waals surface area contributed by atoms with Gasteiger partial charge in [-0.05, 0) is 147 Å². The van der Waals surface area contributed by atoms with Gasteiger partial charge in [-0.15, -0.1) is 0 Å². The minimum absolute atomic E-state index is 0.520. The fraction of sp³-hybridized carbons (Fsp3) is 0.0149. The molecule has 68 heavy (non-hydrogen) atoms. The molecule has 0 saturated heterocycles. The van der Waals surface area contributed by atoms with Gasteiger partial charge in [-0.25, -0.2) is 0 Å². The SMILES string of the molecule is c1ccc(-c2cc(-c3ccccc3)cc(N(c3ccc4c5ccccc5c5ccccc5c4c3)c3cc4c(cc3-c3ccccc3)-c3ccccc3C43c4ccccc4-c4ccccc43)c2)cc1. The average molecular weight is 862 g/mol. The summed E-state index contributed by atoms with van der Waals surface area (Å²) in [7, 11) is 0. The van der Waals surface area contributed by atoms with Crippen molar-refractivity contribution >= 4 is 49.4 Å². The van der Waals surface area contributed by atoms with Gasteiger partial charge < -0.3 is 4.90 Å². The van der Waals surface area contributed by atoms with Gasteiger partial charge in [0.15, 0.2) is 0 Å². The van der Waals surface area contributed by atoms with Crippen molar-refractivity contribution in [3.8, 4) is 55.6 Å². The number of rotatable bonds is 6. The zero-order valence-corrected chi connectivity index (χ0v) is 37.3. The zero-order valence-electron chi connectivity index (χ0n) is 37.3. The molecule has 0 bridgehead atoms. The Morgan fingerprint density at radius 1 is 0.221 bits per heavy atom. The quantitative estimate of drug-likeness (QED) is 0.151. The summed E-state index contributed by atoms with van der Waals surface area (Å²) in [6.07, 6.45) is 0. The summed E-state index contributed by atoms with van der Waals surface area (Å²) in [5.74, 6) is 0. The summed E-state index contributed by atoms with van der Waals surface area (Å²) in [5, 5.41) is 7.52. The largest absolute Gasteiger partial charge is 0.310 e. The Balaban J connectivity index is 1.14. The number of hydrogen-bond donors (Lipinski definition) is 0. The predicted octanol–water partition coefficient (Wildman–Crippen LogP) is 18.0. The highest BCUT2D eigenvalue weighted by atomic mass is 15.1. The van der Waals surface area contributed by atoms with Gasteiger partial charge in [-0.1, -0.05) is 218 Å². The van der Waals surface area contributed by atoms with Crippen molar-refractivity contribution in [2.75, 3.05) is 4.90 Å². The Kier molecular flexibility index (Phi) is 8.57. The Morgan fingerprint density at radius 3 is 1.15 bits per heavy atom. The van der Waals surface area contributed by atoms with Gasteiger partial charge in [0.2, 0.25) is 0 Å². The van der Waals surface area contributed by atoms with Crippen LogP contribution in [-0.4, -0.2) is 0 Å². The third-order valence-electron chi connectivity index (χ3n) is 14.8. The van der Waals surface area contributed by atoms with Gasteiger partial charge in [0.05, 0.1) is 11.1 Å². The molecule has 1 nitrogen and oxygen atoms in total. The van der Waals surface area contributed by atoms with E-state index in [2.05, 4.69) is 266 Å². The van der Waals surface area contributed by atoms with Crippen LogP contribution in [0.4, 0.5) is 17.1 Å². The smallest absolute Gasteiger partial charge is 0.0726 e. The predicted molar refractivity (Wildman–Crippen MR) is 286 cm³/mol. The van der Waals surface area contributed by atoms with Crippen LogP contribution in [0.1, 0.15) is 22.3 Å². The second-order valence-electron chi connectivity index (χ2n) is 18.3. The molecule has 14 rings (SSSR count). The Hall–Kier alpha value is -8.78. The van der Waals surface area contributed by atoms with Crippen LogP contribution in [0.3, 0.4) is 0 Å². The second-order valence-corrected chi connectivity index (χ2v) is 18.3. The van der Waals surface area contributed by atoms with Gasteiger partial charge in [-0.2, -0.15) is 0 Å². The molecule has 1 heteroatoms. The van der Waals surface area contributed by atoms with Crippen LogP contribution in [0.15, 0.2) is 261 Å². The normalized spacial score (nSPS) is 12.8. The van der Waals surface area contributed by atoms with Crippen molar-refractivity contribution in [2.45, 2.75) is 5.41 Å². The first kappa shape index (κ1) is 38.5. The molecular weight excluding hydrogens is 819 g/mol. The van der Waals surface area contributed by atoms with Crippen molar-refractivity contribution in [1.82, 2.24) is 0 Å². The highest BCUT2D eigenvalue weighted by molar-refractivity contribution is 6.26. The summed E-state index contributed by atoms with van der Waals surface area (Å²) in [6.45, 7) is 0. The minimum Gasteiger partial charge on any atom is -0.310 e. The molecule has 0 atom stereocenters. The molecule has 0 amide bonds. The van der Waals surface area contributed by atoms with E-state index < -0.39 is 5.41 Å². The first-order valence-electron chi connectivity index (χ1n) is 23.7. The summed E-state index contributed by atoms with van der Waals surface area (Å²) in [4.78, 5) is 2.56. The van der Waals surface area contributed by atoms with E-state index in [9.17, 15) is 0 Å². The van der Waals surface area contributed by atoms with Crippen molar-refractivity contribution in [3.05, 3.63) is 283 Å². The van der Waals surface area contributed by atoms with Gasteiger partial charge in [0.25, 0.3) is 0 Å². The highest BCUT2D eigenvalue weighted by Crippen LogP contribution is 2.64. The molecule has 0 aromatic heterocycles. The van der Waals surface area contributed by atoms with Gasteiger partial charge in [-0.3, -0.25) is 0 Å². The summed E-state index contributed by atoms with van der Waals surface area (Å²) in [5.41, 5.74) is 20.2. The fourth-order valence-corrected chi connectivity index (χ4v) is 12.0. The first-order chi connectivity index (χ1) is 33.7. The summed E-state index contributed by atoms with van der Waals surface area (Å²) in [6, 6.07) is 97.3. The van der Waals surface area contributed by atoms with Crippen molar-refractivity contribution < 1.29 is 0 Å². The third-order valence-corrected chi connectivity index (χ3v) is 14.8. The maximum absolute atomic E-state index is 2.57. The van der Waals surface area contributed by atoms with E-state index in [-0.39, 0.29) is 0 Å². The van der Waals surface area contributed by atoms with Crippen LogP contribution in [0.5, 0.6) is 0 Å². The maximum atomic E-state index is 2.57. The molecule has 12 aromatic carbocycles. The molecule has 0 radical (unpaired) electrons. The van der Waals surface area contributed by atoms with E-state index in [0.29, 0.717) is 0 Å². The number of nitrogens with zero attached hydrogens (tertiary/aromatic N) is 1. The topological polar surface area (TPSA) is 3.24 Å². The lowest BCUT2D eigenvalue weighted by atomic mass is 9.70. The molecule has 12 aromatic rings. The number of benzene rings is 12. The van der Waals surface area contributed by atoms with Gasteiger partial charge in [0, 0.05) is 16.9 Å². The van der Waals surface area contributed by atoms with Crippen LogP contribution < -0.4 is 4.90 Å². The molecule has 0 N–H and O–H groups in total. The molecule has 1 spiro atoms. The van der Waals surface area contributed by atoms with E-state index in [4.69, 9.17) is 0 Å². The van der Waals surface area contributed by atoms with Crippen LogP contribution in [-0.2, 0) is 5.41 Å². The van der Waals surface area contributed by atoms with Crippen LogP contribution in [0.25, 0.3) is 88.0 Å². The lowest BCUT2D eigenvalue weighted by Crippen LogP contribution is -2.26. The van der Waals surface area contributed by atoms with E-state index in [1.54, 1.807) is 0 Å². The fourth-order valence-electron chi connectivity index (χ4n) is 12.0. The number of hydrogen-bond acceptors (Lipinski definition) is 1. The molecule has 316 valence electrons. The highest BCUT2D eigenvalue weighted by Gasteiger charge is 2.52. The maximum Gasteiger partial charge on any atom is 0.0726 e. The van der Waals surface area contributed by atoms with Gasteiger partial charge >= 0.3 is 0 Å². The van der Waals surface area contributed by atoms with Crippen molar-refractivity contribution in [3.63, 3.8) is 0 Å². The average Bonchev–Trinajstić information content (AvgIpc) is 3.88. The monoisotopic (exact) mass is 861 g/mol. The van der Waals surface area contributed by atoms with E-state index in [1.165, 1.54) is 99.1 Å². The third kappa shape index (κ3) is 5.63. The molecule has 0 heterocycles. The van der Waals surface area contributed by atoms with E-state index in [0.717, 1.165) is 28.2 Å². The Bertz CT molecular complexity index is 3820. The summed E-state index contributed by atoms with van der Waals surface area (Å²) >= 11 is 0. The van der Waals surface area contributed by atoms with E-state index in [1.807, 2.05) is 0 Å². The molecule has 2 aliphatic rings. The van der Waals surface area contributed by atoms with Crippen molar-refractivity contribution in [2.24, 2.45) is 0 Å². The molecule has 0 saturated carbocycles.